The molecule has 1 atom stereocenters. The van der Waals surface area contributed by atoms with Gasteiger partial charge >= 0.3 is 0 Å². The maximum Gasteiger partial charge on any atom is 0.191 e. The summed E-state index contributed by atoms with van der Waals surface area (Å²) in [4.78, 5) is 7.02. The van der Waals surface area contributed by atoms with Gasteiger partial charge in [0.1, 0.15) is 11.6 Å². The molecule has 0 amide bonds. The molecule has 27 heavy (non-hydrogen) atoms. The Kier molecular flexibility index (Phi) is 8.78. The summed E-state index contributed by atoms with van der Waals surface area (Å²) in [6, 6.07) is 0.530. The van der Waals surface area contributed by atoms with E-state index in [-0.39, 0.29) is 24.0 Å². The number of guanidine groups is 1. The van der Waals surface area contributed by atoms with E-state index >= 15 is 0 Å². The van der Waals surface area contributed by atoms with Gasteiger partial charge in [-0.05, 0) is 38.0 Å². The van der Waals surface area contributed by atoms with Gasteiger partial charge in [-0.25, -0.2) is 0 Å². The normalized spacial score (nSPS) is 21.7. The van der Waals surface area contributed by atoms with Gasteiger partial charge in [0, 0.05) is 52.2 Å². The number of halogens is 1. The second-order valence-electron chi connectivity index (χ2n) is 8.24. The molecule has 2 aliphatic rings. The zero-order valence-corrected chi connectivity index (χ0v) is 19.6. The first kappa shape index (κ1) is 22.4. The molecule has 154 valence electrons. The van der Waals surface area contributed by atoms with Crippen molar-refractivity contribution in [3.05, 3.63) is 11.6 Å². The van der Waals surface area contributed by atoms with E-state index in [0.717, 1.165) is 49.5 Å². The van der Waals surface area contributed by atoms with Crippen molar-refractivity contribution >= 4 is 29.9 Å². The molecule has 3 heterocycles. The smallest absolute Gasteiger partial charge is 0.191 e. The number of hydrogen-bond acceptors (Lipinski definition) is 4. The zero-order valence-electron chi connectivity index (χ0n) is 17.2. The third-order valence-corrected chi connectivity index (χ3v) is 5.56. The largest absolute Gasteiger partial charge is 0.356 e. The van der Waals surface area contributed by atoms with E-state index in [2.05, 4.69) is 49.1 Å². The van der Waals surface area contributed by atoms with Gasteiger partial charge in [0.2, 0.25) is 0 Å². The van der Waals surface area contributed by atoms with Crippen LogP contribution in [0.4, 0.5) is 0 Å². The van der Waals surface area contributed by atoms with Crippen LogP contribution in [-0.2, 0) is 13.0 Å². The second-order valence-corrected chi connectivity index (χ2v) is 8.24. The van der Waals surface area contributed by atoms with E-state index in [9.17, 15) is 0 Å². The van der Waals surface area contributed by atoms with Crippen LogP contribution in [0.1, 0.15) is 44.8 Å². The van der Waals surface area contributed by atoms with Crippen molar-refractivity contribution in [2.45, 2.75) is 59.0 Å². The van der Waals surface area contributed by atoms with E-state index in [1.165, 1.54) is 32.5 Å². The summed E-state index contributed by atoms with van der Waals surface area (Å²) in [7, 11) is 1.87. The number of aliphatic imine (C=N–C) groups is 1. The van der Waals surface area contributed by atoms with Gasteiger partial charge in [-0.3, -0.25) is 4.99 Å². The first-order valence-corrected chi connectivity index (χ1v) is 10.1. The van der Waals surface area contributed by atoms with Crippen LogP contribution in [0, 0.1) is 18.8 Å². The highest BCUT2D eigenvalue weighted by atomic mass is 127. The molecule has 2 aliphatic heterocycles. The molecule has 8 heteroatoms. The van der Waals surface area contributed by atoms with Crippen molar-refractivity contribution in [2.75, 3.05) is 33.2 Å². The predicted octanol–water partition coefficient (Wildman–Crippen LogP) is 2.05. The molecule has 0 saturated carbocycles. The lowest BCUT2D eigenvalue weighted by atomic mass is 9.99. The van der Waals surface area contributed by atoms with Crippen LogP contribution in [0.3, 0.4) is 0 Å². The molecule has 1 aromatic heterocycles. The minimum Gasteiger partial charge on any atom is -0.356 e. The standard InChI is InChI=1S/C19H35N7.HI/c1-14(2)12-25-9-7-17(8-10-25)22-19(20-4)21-11-16-5-6-18-24-23-15(3)26(18)13-16;/h14,16-17H,5-13H2,1-4H3,(H2,20,21,22);1H. The Morgan fingerprint density at radius 3 is 2.63 bits per heavy atom. The quantitative estimate of drug-likeness (QED) is 0.377. The minimum absolute atomic E-state index is 0. The number of piperidine rings is 1. The third kappa shape index (κ3) is 6.30. The van der Waals surface area contributed by atoms with Crippen molar-refractivity contribution in [2.24, 2.45) is 16.8 Å². The molecule has 0 spiro atoms. The van der Waals surface area contributed by atoms with Crippen molar-refractivity contribution in [1.29, 1.82) is 0 Å². The molecule has 1 saturated heterocycles. The Morgan fingerprint density at radius 1 is 1.22 bits per heavy atom. The summed E-state index contributed by atoms with van der Waals surface area (Å²) >= 11 is 0. The lowest BCUT2D eigenvalue weighted by molar-refractivity contribution is 0.186. The van der Waals surface area contributed by atoms with E-state index < -0.39 is 0 Å². The average Bonchev–Trinajstić information content (AvgIpc) is 3.00. The van der Waals surface area contributed by atoms with Crippen LogP contribution in [0.5, 0.6) is 0 Å². The van der Waals surface area contributed by atoms with E-state index in [0.29, 0.717) is 12.0 Å². The maximum absolute atomic E-state index is 4.44. The van der Waals surface area contributed by atoms with Gasteiger partial charge in [0.25, 0.3) is 0 Å². The summed E-state index contributed by atoms with van der Waals surface area (Å²) in [5.41, 5.74) is 0. The predicted molar refractivity (Wildman–Crippen MR) is 121 cm³/mol. The SMILES string of the molecule is CN=C(NCC1CCc2nnc(C)n2C1)NC1CCN(CC(C)C)CC1.I. The van der Waals surface area contributed by atoms with E-state index in [4.69, 9.17) is 0 Å². The van der Waals surface area contributed by atoms with Crippen molar-refractivity contribution in [1.82, 2.24) is 30.3 Å². The summed E-state index contributed by atoms with van der Waals surface area (Å²) in [6.45, 7) is 12.2. The van der Waals surface area contributed by atoms with Crippen LogP contribution < -0.4 is 10.6 Å². The minimum atomic E-state index is 0. The maximum atomic E-state index is 4.44. The average molecular weight is 489 g/mol. The van der Waals surface area contributed by atoms with Gasteiger partial charge in [-0.15, -0.1) is 34.2 Å². The second kappa shape index (κ2) is 10.6. The molecule has 0 aliphatic carbocycles. The first-order valence-electron chi connectivity index (χ1n) is 10.1. The van der Waals surface area contributed by atoms with Crippen molar-refractivity contribution in [3.8, 4) is 0 Å². The number of nitrogens with one attached hydrogen (secondary N) is 2. The molecule has 7 nitrogen and oxygen atoms in total. The fourth-order valence-corrected chi connectivity index (χ4v) is 4.10. The number of likely N-dealkylation sites (tertiary alicyclic amines) is 1. The highest BCUT2D eigenvalue weighted by Crippen LogP contribution is 2.19. The Hall–Kier alpha value is -0.900. The van der Waals surface area contributed by atoms with Gasteiger partial charge in [-0.2, -0.15) is 0 Å². The van der Waals surface area contributed by atoms with Gasteiger partial charge in [-0.1, -0.05) is 13.8 Å². The Bertz CT molecular complexity index is 605. The number of hydrogen-bond donors (Lipinski definition) is 2. The van der Waals surface area contributed by atoms with Crippen LogP contribution in [0.25, 0.3) is 0 Å². The van der Waals surface area contributed by atoms with Gasteiger partial charge in [0.15, 0.2) is 5.96 Å². The lowest BCUT2D eigenvalue weighted by Crippen LogP contribution is -2.50. The summed E-state index contributed by atoms with van der Waals surface area (Å²) in [5.74, 6) is 4.45. The van der Waals surface area contributed by atoms with Crippen LogP contribution in [0.2, 0.25) is 0 Å². The Balaban J connectivity index is 0.00000261. The molecule has 0 radical (unpaired) electrons. The van der Waals surface area contributed by atoms with Crippen LogP contribution in [-0.4, -0.2) is 64.9 Å². The number of rotatable bonds is 5. The van der Waals surface area contributed by atoms with Crippen molar-refractivity contribution < 1.29 is 0 Å². The molecule has 1 aromatic rings. The first-order chi connectivity index (χ1) is 12.5. The molecule has 1 unspecified atom stereocenters. The Morgan fingerprint density at radius 2 is 1.96 bits per heavy atom. The molecule has 2 N–H and O–H groups in total. The molecule has 0 aromatic carbocycles. The Labute approximate surface area is 180 Å². The highest BCUT2D eigenvalue weighted by molar-refractivity contribution is 14.0. The van der Waals surface area contributed by atoms with E-state index in [1.54, 1.807) is 0 Å². The van der Waals surface area contributed by atoms with Gasteiger partial charge < -0.3 is 20.1 Å². The number of nitrogens with zero attached hydrogens (tertiary/aromatic N) is 5. The highest BCUT2D eigenvalue weighted by Gasteiger charge is 2.23. The topological polar surface area (TPSA) is 70.4 Å². The van der Waals surface area contributed by atoms with Gasteiger partial charge in [0.05, 0.1) is 0 Å². The van der Waals surface area contributed by atoms with Crippen LogP contribution >= 0.6 is 24.0 Å². The van der Waals surface area contributed by atoms with E-state index in [1.807, 2.05) is 14.0 Å². The fourth-order valence-electron chi connectivity index (χ4n) is 4.10. The molecule has 3 rings (SSSR count). The summed E-state index contributed by atoms with van der Waals surface area (Å²) in [6.07, 6.45) is 4.57. The number of fused-ring (bicyclic) bond motifs is 1. The van der Waals surface area contributed by atoms with Crippen LogP contribution in [0.15, 0.2) is 4.99 Å². The summed E-state index contributed by atoms with van der Waals surface area (Å²) < 4.78 is 2.26. The van der Waals surface area contributed by atoms with Crippen molar-refractivity contribution in [3.63, 3.8) is 0 Å². The third-order valence-electron chi connectivity index (χ3n) is 5.56. The molecular weight excluding hydrogens is 453 g/mol. The molecule has 1 fully saturated rings. The monoisotopic (exact) mass is 489 g/mol. The molecule has 0 bridgehead atoms. The lowest BCUT2D eigenvalue weighted by Gasteiger charge is -2.34. The summed E-state index contributed by atoms with van der Waals surface area (Å²) in [5, 5.41) is 15.6. The fraction of sp³-hybridized carbons (Fsp3) is 0.842. The number of aromatic nitrogens is 3. The zero-order chi connectivity index (χ0) is 18.5. The number of aryl methyl sites for hydroxylation is 2. The molecular formula is C19H36IN7.